The Morgan fingerprint density at radius 3 is 2.38 bits per heavy atom. The number of methoxy groups -OCH3 is 3. The SMILES string of the molecule is COc1ccc(-c2noc(CN(C)C[C@H](O)c3ccccc3)n2)c(OC)c1OC. The normalized spacial score (nSPS) is 12.1. The smallest absolute Gasteiger partial charge is 0.241 e. The molecule has 29 heavy (non-hydrogen) atoms. The Morgan fingerprint density at radius 2 is 1.72 bits per heavy atom. The molecule has 0 aliphatic carbocycles. The highest BCUT2D eigenvalue weighted by Gasteiger charge is 2.21. The minimum Gasteiger partial charge on any atom is -0.493 e. The number of aliphatic hydroxyl groups excluding tert-OH is 1. The van der Waals surface area contributed by atoms with Crippen molar-refractivity contribution in [1.29, 1.82) is 0 Å². The van der Waals surface area contributed by atoms with E-state index in [2.05, 4.69) is 10.1 Å². The maximum Gasteiger partial charge on any atom is 0.241 e. The lowest BCUT2D eigenvalue weighted by Gasteiger charge is -2.19. The molecular formula is C21H25N3O5. The van der Waals surface area contributed by atoms with Crippen LogP contribution in [0.25, 0.3) is 11.4 Å². The molecule has 0 amide bonds. The molecule has 1 aromatic heterocycles. The quantitative estimate of drug-likeness (QED) is 0.587. The van der Waals surface area contributed by atoms with Crippen LogP contribution in [0.1, 0.15) is 17.6 Å². The number of benzene rings is 2. The predicted octanol–water partition coefficient (Wildman–Crippen LogP) is 2.93. The monoisotopic (exact) mass is 399 g/mol. The summed E-state index contributed by atoms with van der Waals surface area (Å²) in [5, 5.41) is 14.4. The molecule has 0 unspecified atom stereocenters. The Hall–Kier alpha value is -3.10. The van der Waals surface area contributed by atoms with Crippen LogP contribution in [0.15, 0.2) is 47.0 Å². The van der Waals surface area contributed by atoms with Crippen LogP contribution in [0.5, 0.6) is 17.2 Å². The van der Waals surface area contributed by atoms with Gasteiger partial charge in [0.1, 0.15) is 0 Å². The fourth-order valence-corrected chi connectivity index (χ4v) is 3.08. The average Bonchev–Trinajstić information content (AvgIpc) is 3.20. The molecule has 3 rings (SSSR count). The summed E-state index contributed by atoms with van der Waals surface area (Å²) in [6.07, 6.45) is -0.602. The molecule has 8 heteroatoms. The first kappa shape index (κ1) is 20.6. The Labute approximate surface area is 169 Å². The van der Waals surface area contributed by atoms with E-state index in [1.807, 2.05) is 42.3 Å². The van der Waals surface area contributed by atoms with Gasteiger partial charge in [0.2, 0.25) is 17.5 Å². The fourth-order valence-electron chi connectivity index (χ4n) is 3.08. The average molecular weight is 399 g/mol. The summed E-state index contributed by atoms with van der Waals surface area (Å²) >= 11 is 0. The van der Waals surface area contributed by atoms with Gasteiger partial charge >= 0.3 is 0 Å². The lowest BCUT2D eigenvalue weighted by atomic mass is 10.1. The molecule has 0 saturated carbocycles. The molecule has 0 saturated heterocycles. The van der Waals surface area contributed by atoms with Crippen molar-refractivity contribution in [2.24, 2.45) is 0 Å². The topological polar surface area (TPSA) is 90.1 Å². The van der Waals surface area contributed by atoms with Gasteiger partial charge in [-0.3, -0.25) is 4.90 Å². The van der Waals surface area contributed by atoms with Gasteiger partial charge in [0.15, 0.2) is 11.5 Å². The van der Waals surface area contributed by atoms with E-state index in [-0.39, 0.29) is 0 Å². The van der Waals surface area contributed by atoms with E-state index in [9.17, 15) is 5.11 Å². The number of rotatable bonds is 9. The third-order valence-electron chi connectivity index (χ3n) is 4.49. The summed E-state index contributed by atoms with van der Waals surface area (Å²) < 4.78 is 21.6. The number of hydrogen-bond donors (Lipinski definition) is 1. The molecule has 1 N–H and O–H groups in total. The van der Waals surface area contributed by atoms with Gasteiger partial charge in [-0.1, -0.05) is 35.5 Å². The maximum absolute atomic E-state index is 10.4. The zero-order valence-corrected chi connectivity index (χ0v) is 17.0. The van der Waals surface area contributed by atoms with Crippen LogP contribution in [-0.2, 0) is 6.54 Å². The van der Waals surface area contributed by atoms with Crippen LogP contribution in [0.4, 0.5) is 0 Å². The Kier molecular flexibility index (Phi) is 6.69. The summed E-state index contributed by atoms with van der Waals surface area (Å²) in [5.41, 5.74) is 1.49. The van der Waals surface area contributed by atoms with Gasteiger partial charge in [0.05, 0.1) is 39.5 Å². The van der Waals surface area contributed by atoms with Crippen LogP contribution >= 0.6 is 0 Å². The minimum absolute atomic E-state index is 0.384. The number of aromatic nitrogens is 2. The van der Waals surface area contributed by atoms with Crippen LogP contribution in [0, 0.1) is 0 Å². The van der Waals surface area contributed by atoms with Crippen molar-refractivity contribution in [3.05, 3.63) is 53.9 Å². The van der Waals surface area contributed by atoms with Crippen LogP contribution in [0.2, 0.25) is 0 Å². The molecule has 154 valence electrons. The van der Waals surface area contributed by atoms with Gasteiger partial charge in [-0.25, -0.2) is 0 Å². The van der Waals surface area contributed by atoms with Gasteiger partial charge < -0.3 is 23.8 Å². The third kappa shape index (κ3) is 4.67. The van der Waals surface area contributed by atoms with Gasteiger partial charge in [0.25, 0.3) is 0 Å². The molecule has 0 fully saturated rings. The number of nitrogens with zero attached hydrogens (tertiary/aromatic N) is 3. The number of ether oxygens (including phenoxy) is 3. The van der Waals surface area contributed by atoms with Crippen LogP contribution < -0.4 is 14.2 Å². The number of hydrogen-bond acceptors (Lipinski definition) is 8. The maximum atomic E-state index is 10.4. The second-order valence-corrected chi connectivity index (χ2v) is 6.52. The fraction of sp³-hybridized carbons (Fsp3) is 0.333. The minimum atomic E-state index is -0.602. The van der Waals surface area contributed by atoms with E-state index in [1.165, 1.54) is 0 Å². The molecule has 1 atom stereocenters. The van der Waals surface area contributed by atoms with Crippen molar-refractivity contribution >= 4 is 0 Å². The summed E-state index contributed by atoms with van der Waals surface area (Å²) in [6.45, 7) is 0.827. The summed E-state index contributed by atoms with van der Waals surface area (Å²) in [6, 6.07) is 13.1. The second kappa shape index (κ2) is 9.40. The van der Waals surface area contributed by atoms with Gasteiger partial charge in [-0.2, -0.15) is 4.98 Å². The molecule has 3 aromatic rings. The van der Waals surface area contributed by atoms with Crippen molar-refractivity contribution in [2.75, 3.05) is 34.9 Å². The lowest BCUT2D eigenvalue weighted by Crippen LogP contribution is -2.24. The zero-order chi connectivity index (χ0) is 20.8. The van der Waals surface area contributed by atoms with Crippen molar-refractivity contribution < 1.29 is 23.8 Å². The highest BCUT2D eigenvalue weighted by molar-refractivity contribution is 5.71. The summed E-state index contributed by atoms with van der Waals surface area (Å²) in [5.74, 6) is 2.29. The van der Waals surface area contributed by atoms with Crippen LogP contribution in [-0.4, -0.2) is 55.1 Å². The lowest BCUT2D eigenvalue weighted by molar-refractivity contribution is 0.118. The van der Waals surface area contributed by atoms with E-state index in [4.69, 9.17) is 18.7 Å². The summed E-state index contributed by atoms with van der Waals surface area (Å²) in [7, 11) is 6.52. The van der Waals surface area contributed by atoms with E-state index < -0.39 is 6.10 Å². The second-order valence-electron chi connectivity index (χ2n) is 6.52. The highest BCUT2D eigenvalue weighted by atomic mass is 16.5. The highest BCUT2D eigenvalue weighted by Crippen LogP contribution is 2.43. The summed E-state index contributed by atoms with van der Waals surface area (Å²) in [4.78, 5) is 6.38. The zero-order valence-electron chi connectivity index (χ0n) is 17.0. The first-order valence-electron chi connectivity index (χ1n) is 9.10. The Morgan fingerprint density at radius 1 is 1.00 bits per heavy atom. The standard InChI is InChI=1S/C21H25N3O5/c1-24(12-16(25)14-8-6-5-7-9-14)13-18-22-21(23-29-18)15-10-11-17(26-2)20(28-4)19(15)27-3/h5-11,16,25H,12-13H2,1-4H3/t16-/m0/s1. The van der Waals surface area contributed by atoms with Crippen molar-refractivity contribution in [1.82, 2.24) is 15.0 Å². The Bertz CT molecular complexity index is 929. The number of aliphatic hydroxyl groups is 1. The van der Waals surface area contributed by atoms with Crippen molar-refractivity contribution in [3.8, 4) is 28.6 Å². The molecule has 0 radical (unpaired) electrons. The molecule has 2 aromatic carbocycles. The van der Waals surface area contributed by atoms with Crippen molar-refractivity contribution in [3.63, 3.8) is 0 Å². The van der Waals surface area contributed by atoms with E-state index >= 15 is 0 Å². The predicted molar refractivity (Wildman–Crippen MR) is 107 cm³/mol. The number of likely N-dealkylation sites (N-methyl/N-ethyl adjacent to an activating group) is 1. The van der Waals surface area contributed by atoms with Gasteiger partial charge in [-0.05, 0) is 24.7 Å². The molecular weight excluding hydrogens is 374 g/mol. The van der Waals surface area contributed by atoms with E-state index in [1.54, 1.807) is 33.5 Å². The Balaban J connectivity index is 1.74. The molecule has 0 aliphatic rings. The van der Waals surface area contributed by atoms with Gasteiger partial charge in [0, 0.05) is 6.54 Å². The molecule has 1 heterocycles. The molecule has 0 spiro atoms. The molecule has 8 nitrogen and oxygen atoms in total. The van der Waals surface area contributed by atoms with Crippen molar-refractivity contribution in [2.45, 2.75) is 12.6 Å². The molecule has 0 aliphatic heterocycles. The van der Waals surface area contributed by atoms with Crippen LogP contribution in [0.3, 0.4) is 0 Å². The third-order valence-corrected chi connectivity index (χ3v) is 4.49. The largest absolute Gasteiger partial charge is 0.493 e. The van der Waals surface area contributed by atoms with E-state index in [0.717, 1.165) is 5.56 Å². The first-order chi connectivity index (χ1) is 14.1. The first-order valence-corrected chi connectivity index (χ1v) is 9.10. The van der Waals surface area contributed by atoms with E-state index in [0.29, 0.717) is 47.6 Å². The van der Waals surface area contributed by atoms with Gasteiger partial charge in [-0.15, -0.1) is 0 Å². The molecule has 0 bridgehead atoms.